The van der Waals surface area contributed by atoms with Crippen LogP contribution in [0.1, 0.15) is 5.76 Å². The van der Waals surface area contributed by atoms with E-state index in [1.807, 2.05) is 19.0 Å². The fourth-order valence-corrected chi connectivity index (χ4v) is 0.713. The van der Waals surface area contributed by atoms with E-state index < -0.39 is 0 Å². The lowest BCUT2D eigenvalue weighted by Crippen LogP contribution is -2.10. The Balaban J connectivity index is 2.90. The fourth-order valence-electron chi connectivity index (χ4n) is 0.713. The van der Waals surface area contributed by atoms with Gasteiger partial charge in [0.25, 0.3) is 0 Å². The van der Waals surface area contributed by atoms with Crippen molar-refractivity contribution in [1.29, 1.82) is 5.41 Å². The van der Waals surface area contributed by atoms with E-state index in [2.05, 4.69) is 0 Å². The Morgan fingerprint density at radius 2 is 2.18 bits per heavy atom. The van der Waals surface area contributed by atoms with E-state index >= 15 is 0 Å². The molecule has 0 spiro atoms. The number of rotatable bonds is 2. The first-order chi connectivity index (χ1) is 5.11. The van der Waals surface area contributed by atoms with E-state index in [0.717, 1.165) is 0 Å². The maximum Gasteiger partial charge on any atom is 0.195 e. The molecule has 0 saturated heterocycles. The minimum Gasteiger partial charge on any atom is -0.437 e. The van der Waals surface area contributed by atoms with Crippen LogP contribution >= 0.6 is 0 Å². The highest BCUT2D eigenvalue weighted by Crippen LogP contribution is 2.14. The first-order valence-electron chi connectivity index (χ1n) is 3.23. The highest BCUT2D eigenvalue weighted by Gasteiger charge is 2.04. The minimum absolute atomic E-state index is 0.0434. The van der Waals surface area contributed by atoms with Crippen LogP contribution in [0, 0.1) is 5.41 Å². The van der Waals surface area contributed by atoms with Crippen molar-refractivity contribution in [3.8, 4) is 0 Å². The summed E-state index contributed by atoms with van der Waals surface area (Å²) in [4.78, 5) is 1.81. The molecule has 0 aliphatic rings. The second kappa shape index (κ2) is 2.65. The first kappa shape index (κ1) is 7.65. The number of amidine groups is 1. The van der Waals surface area contributed by atoms with Crippen LogP contribution in [0.2, 0.25) is 0 Å². The van der Waals surface area contributed by atoms with Gasteiger partial charge in [-0.05, 0) is 6.07 Å². The zero-order valence-electron chi connectivity index (χ0n) is 6.59. The number of nitrogens with one attached hydrogen (secondary N) is 1. The molecule has 0 aromatic carbocycles. The van der Waals surface area contributed by atoms with Gasteiger partial charge >= 0.3 is 0 Å². The van der Waals surface area contributed by atoms with Gasteiger partial charge in [-0.15, -0.1) is 0 Å². The molecule has 0 saturated carbocycles. The summed E-state index contributed by atoms with van der Waals surface area (Å²) in [6, 6.07) is 3.45. The summed E-state index contributed by atoms with van der Waals surface area (Å²) >= 11 is 0. The predicted molar refractivity (Wildman–Crippen MR) is 44.1 cm³/mol. The molecule has 0 atom stereocenters. The SMILES string of the molecule is CN(C)c1ccc(C(=N)N)o1. The van der Waals surface area contributed by atoms with Gasteiger partial charge in [0.05, 0.1) is 0 Å². The van der Waals surface area contributed by atoms with Crippen LogP contribution in [0.3, 0.4) is 0 Å². The van der Waals surface area contributed by atoms with Crippen LogP contribution in [0.5, 0.6) is 0 Å². The average molecular weight is 153 g/mol. The van der Waals surface area contributed by atoms with Crippen LogP contribution in [0.25, 0.3) is 0 Å². The molecule has 0 amide bonds. The molecular formula is C7H11N3O. The lowest BCUT2D eigenvalue weighted by molar-refractivity contribution is 0.554. The molecule has 0 radical (unpaired) electrons. The van der Waals surface area contributed by atoms with E-state index in [0.29, 0.717) is 11.6 Å². The van der Waals surface area contributed by atoms with Gasteiger partial charge in [0.15, 0.2) is 17.5 Å². The molecule has 4 nitrogen and oxygen atoms in total. The molecule has 4 heteroatoms. The third kappa shape index (κ3) is 1.52. The minimum atomic E-state index is -0.0434. The number of nitrogen functional groups attached to an aromatic ring is 1. The number of hydrogen-bond acceptors (Lipinski definition) is 3. The Labute approximate surface area is 65.1 Å². The molecule has 1 rings (SSSR count). The maximum absolute atomic E-state index is 7.06. The van der Waals surface area contributed by atoms with E-state index in [4.69, 9.17) is 15.6 Å². The number of hydrogen-bond donors (Lipinski definition) is 2. The van der Waals surface area contributed by atoms with E-state index in [-0.39, 0.29) is 5.84 Å². The summed E-state index contributed by atoms with van der Waals surface area (Å²) in [6.45, 7) is 0. The smallest absolute Gasteiger partial charge is 0.195 e. The summed E-state index contributed by atoms with van der Waals surface area (Å²) < 4.78 is 5.18. The zero-order valence-corrected chi connectivity index (χ0v) is 6.59. The van der Waals surface area contributed by atoms with Crippen molar-refractivity contribution >= 4 is 11.7 Å². The average Bonchev–Trinajstić information content (AvgIpc) is 2.33. The number of furan rings is 1. The summed E-state index contributed by atoms with van der Waals surface area (Å²) in [6.07, 6.45) is 0. The second-order valence-corrected chi connectivity index (χ2v) is 2.45. The zero-order chi connectivity index (χ0) is 8.43. The van der Waals surface area contributed by atoms with E-state index in [1.54, 1.807) is 12.1 Å². The molecule has 11 heavy (non-hydrogen) atoms. The van der Waals surface area contributed by atoms with Crippen molar-refractivity contribution in [1.82, 2.24) is 0 Å². The quantitative estimate of drug-likeness (QED) is 0.483. The normalized spacial score (nSPS) is 9.64. The van der Waals surface area contributed by atoms with Gasteiger partial charge in [-0.2, -0.15) is 0 Å². The monoisotopic (exact) mass is 153 g/mol. The van der Waals surface area contributed by atoms with Crippen LogP contribution in [0.4, 0.5) is 5.88 Å². The van der Waals surface area contributed by atoms with Crippen molar-refractivity contribution in [2.45, 2.75) is 0 Å². The lowest BCUT2D eigenvalue weighted by Gasteiger charge is -2.05. The Hall–Kier alpha value is -1.45. The predicted octanol–water partition coefficient (Wildman–Crippen LogP) is 0.630. The number of nitrogens with zero attached hydrogens (tertiary/aromatic N) is 1. The van der Waals surface area contributed by atoms with Gasteiger partial charge in [0.1, 0.15) is 0 Å². The summed E-state index contributed by atoms with van der Waals surface area (Å²) in [5.41, 5.74) is 5.20. The molecule has 0 aliphatic carbocycles. The molecular weight excluding hydrogens is 142 g/mol. The fraction of sp³-hybridized carbons (Fsp3) is 0.286. The lowest BCUT2D eigenvalue weighted by atomic mass is 10.4. The standard InChI is InChI=1S/C7H11N3O/c1-10(2)6-4-3-5(11-6)7(8)9/h3-4H,1-2H3,(H3,8,9). The van der Waals surface area contributed by atoms with E-state index in [1.165, 1.54) is 0 Å². The molecule has 60 valence electrons. The molecule has 0 aliphatic heterocycles. The van der Waals surface area contributed by atoms with Gasteiger partial charge in [-0.3, -0.25) is 5.41 Å². The Morgan fingerprint density at radius 3 is 2.45 bits per heavy atom. The Bertz CT molecular complexity index is 264. The molecule has 0 bridgehead atoms. The summed E-state index contributed by atoms with van der Waals surface area (Å²) in [5.74, 6) is 1.07. The van der Waals surface area contributed by atoms with Gasteiger partial charge in [0, 0.05) is 20.2 Å². The van der Waals surface area contributed by atoms with Crippen LogP contribution in [-0.2, 0) is 0 Å². The van der Waals surface area contributed by atoms with Crippen molar-refractivity contribution in [3.63, 3.8) is 0 Å². The largest absolute Gasteiger partial charge is 0.437 e. The molecule has 0 fully saturated rings. The van der Waals surface area contributed by atoms with Crippen LogP contribution in [-0.4, -0.2) is 19.9 Å². The second-order valence-electron chi connectivity index (χ2n) is 2.45. The highest BCUT2D eigenvalue weighted by atomic mass is 16.4. The summed E-state index contributed by atoms with van der Waals surface area (Å²) in [7, 11) is 3.73. The highest BCUT2D eigenvalue weighted by molar-refractivity contribution is 5.92. The van der Waals surface area contributed by atoms with Gasteiger partial charge in [-0.1, -0.05) is 0 Å². The Kier molecular flexibility index (Phi) is 1.85. The molecule has 0 unspecified atom stereocenters. The number of anilines is 1. The summed E-state index contributed by atoms with van der Waals surface area (Å²) in [5, 5.41) is 7.06. The van der Waals surface area contributed by atoms with Gasteiger partial charge in [0.2, 0.25) is 0 Å². The van der Waals surface area contributed by atoms with Crippen molar-refractivity contribution in [3.05, 3.63) is 17.9 Å². The van der Waals surface area contributed by atoms with Gasteiger partial charge in [-0.25, -0.2) is 0 Å². The molecule has 1 aromatic rings. The molecule has 1 heterocycles. The topological polar surface area (TPSA) is 66.2 Å². The third-order valence-electron chi connectivity index (χ3n) is 1.30. The molecule has 3 N–H and O–H groups in total. The van der Waals surface area contributed by atoms with Crippen molar-refractivity contribution in [2.75, 3.05) is 19.0 Å². The first-order valence-corrected chi connectivity index (χ1v) is 3.23. The van der Waals surface area contributed by atoms with E-state index in [9.17, 15) is 0 Å². The van der Waals surface area contributed by atoms with Crippen molar-refractivity contribution in [2.24, 2.45) is 5.73 Å². The third-order valence-corrected chi connectivity index (χ3v) is 1.30. The van der Waals surface area contributed by atoms with Crippen molar-refractivity contribution < 1.29 is 4.42 Å². The Morgan fingerprint density at radius 1 is 1.55 bits per heavy atom. The van der Waals surface area contributed by atoms with Gasteiger partial charge < -0.3 is 15.1 Å². The molecule has 1 aromatic heterocycles. The van der Waals surface area contributed by atoms with Crippen LogP contribution < -0.4 is 10.6 Å². The number of nitrogens with two attached hydrogens (primary N) is 1. The van der Waals surface area contributed by atoms with Crippen LogP contribution in [0.15, 0.2) is 16.5 Å². The maximum atomic E-state index is 7.06.